The molecule has 0 bridgehead atoms. The zero-order chi connectivity index (χ0) is 19.6. The van der Waals surface area contributed by atoms with Gasteiger partial charge in [-0.15, -0.1) is 0 Å². The van der Waals surface area contributed by atoms with Crippen LogP contribution in [0, 0.1) is 0 Å². The van der Waals surface area contributed by atoms with Gasteiger partial charge < -0.3 is 15.0 Å². The van der Waals surface area contributed by atoms with Gasteiger partial charge in [0.2, 0.25) is 0 Å². The highest BCUT2D eigenvalue weighted by atomic mass is 32.1. The largest absolute Gasteiger partial charge is 0.427 e. The van der Waals surface area contributed by atoms with E-state index < -0.39 is 11.1 Å². The summed E-state index contributed by atoms with van der Waals surface area (Å²) in [6.07, 6.45) is -3.56. The van der Waals surface area contributed by atoms with Crippen molar-refractivity contribution in [3.8, 4) is 0 Å². The number of alkyl halides is 3. The molecule has 1 aliphatic rings. The second-order valence-corrected chi connectivity index (χ2v) is 7.58. The van der Waals surface area contributed by atoms with Crippen LogP contribution in [0.2, 0.25) is 0 Å². The molecule has 2 unspecified atom stereocenters. The first-order valence-electron chi connectivity index (χ1n) is 8.53. The lowest BCUT2D eigenvalue weighted by atomic mass is 10.1. The summed E-state index contributed by atoms with van der Waals surface area (Å²) in [5, 5.41) is 3.08. The zero-order valence-corrected chi connectivity index (χ0v) is 15.7. The van der Waals surface area contributed by atoms with Gasteiger partial charge in [-0.25, -0.2) is 4.98 Å². The molecule has 1 N–H and O–H groups in total. The molecule has 0 radical (unpaired) electrons. The molecule has 1 aliphatic heterocycles. The van der Waals surface area contributed by atoms with Gasteiger partial charge in [-0.2, -0.15) is 13.2 Å². The number of aromatic nitrogens is 1. The van der Waals surface area contributed by atoms with Gasteiger partial charge in [-0.05, 0) is 31.5 Å². The van der Waals surface area contributed by atoms with E-state index in [1.807, 2.05) is 13.8 Å². The highest BCUT2D eigenvalue weighted by molar-refractivity contribution is 7.15. The van der Waals surface area contributed by atoms with Crippen LogP contribution < -0.4 is 5.32 Å². The molecule has 2 atom stereocenters. The molecule has 27 heavy (non-hydrogen) atoms. The molecular weight excluding hydrogens is 379 g/mol. The molecule has 9 heteroatoms. The van der Waals surface area contributed by atoms with Crippen molar-refractivity contribution in [3.05, 3.63) is 46.5 Å². The molecule has 146 valence electrons. The number of hydrogen-bond donors (Lipinski definition) is 1. The Balaban J connectivity index is 1.58. The van der Waals surface area contributed by atoms with Crippen LogP contribution in [0.1, 0.15) is 34.6 Å². The molecule has 0 saturated carbocycles. The average molecular weight is 399 g/mol. The van der Waals surface area contributed by atoms with Gasteiger partial charge in [0.15, 0.2) is 5.13 Å². The molecule has 5 nitrogen and oxygen atoms in total. The number of hydrogen-bond acceptors (Lipinski definition) is 5. The van der Waals surface area contributed by atoms with Gasteiger partial charge in [0.1, 0.15) is 4.88 Å². The van der Waals surface area contributed by atoms with Crippen molar-refractivity contribution in [1.82, 2.24) is 9.88 Å². The summed E-state index contributed by atoms with van der Waals surface area (Å²) in [6, 6.07) is 7.03. The second kappa shape index (κ2) is 7.85. The average Bonchev–Trinajstić information content (AvgIpc) is 3.08. The topological polar surface area (TPSA) is 54.5 Å². The molecule has 1 aromatic heterocycles. The molecule has 0 aliphatic carbocycles. The van der Waals surface area contributed by atoms with E-state index in [1.54, 1.807) is 29.2 Å². The Morgan fingerprint density at radius 1 is 1.26 bits per heavy atom. The molecule has 2 heterocycles. The Hall–Kier alpha value is -2.13. The normalized spacial score (nSPS) is 20.6. The molecule has 1 fully saturated rings. The maximum atomic E-state index is 12.6. The summed E-state index contributed by atoms with van der Waals surface area (Å²) < 4.78 is 43.4. The summed E-state index contributed by atoms with van der Waals surface area (Å²) in [4.78, 5) is 17.4. The van der Waals surface area contributed by atoms with Crippen molar-refractivity contribution in [2.24, 2.45) is 0 Å². The first kappa shape index (κ1) is 19.6. The Bertz CT molecular complexity index is 782. The SMILES string of the molecule is CC1CN(C(=O)c2ccc(CNc3ncc(C(F)(F)F)s3)cc2)CC(C)O1. The fourth-order valence-corrected chi connectivity index (χ4v) is 3.64. The van der Waals surface area contributed by atoms with Crippen molar-refractivity contribution < 1.29 is 22.7 Å². The van der Waals surface area contributed by atoms with Crippen LogP contribution in [-0.4, -0.2) is 41.1 Å². The highest BCUT2D eigenvalue weighted by Gasteiger charge is 2.33. The number of nitrogens with one attached hydrogen (secondary N) is 1. The fourth-order valence-electron chi connectivity index (χ4n) is 2.96. The number of halogens is 3. The summed E-state index contributed by atoms with van der Waals surface area (Å²) in [5.41, 5.74) is 1.42. The number of thiazole rings is 1. The summed E-state index contributed by atoms with van der Waals surface area (Å²) in [5.74, 6) is -0.0498. The van der Waals surface area contributed by atoms with Crippen LogP contribution in [0.15, 0.2) is 30.5 Å². The van der Waals surface area contributed by atoms with Gasteiger partial charge in [0.05, 0.1) is 18.4 Å². The van der Waals surface area contributed by atoms with Gasteiger partial charge in [0.25, 0.3) is 5.91 Å². The predicted octanol–water partition coefficient (Wildman–Crippen LogP) is 4.02. The Morgan fingerprint density at radius 2 is 1.89 bits per heavy atom. The molecule has 0 spiro atoms. The number of ether oxygens (including phenoxy) is 1. The van der Waals surface area contributed by atoms with E-state index in [1.165, 1.54) is 0 Å². The van der Waals surface area contributed by atoms with Crippen molar-refractivity contribution >= 4 is 22.4 Å². The van der Waals surface area contributed by atoms with Gasteiger partial charge in [-0.3, -0.25) is 4.79 Å². The Kier molecular flexibility index (Phi) is 5.71. The molecule has 1 saturated heterocycles. The van der Waals surface area contributed by atoms with Crippen molar-refractivity contribution in [1.29, 1.82) is 0 Å². The minimum absolute atomic E-state index is 0.000980. The van der Waals surface area contributed by atoms with Crippen LogP contribution in [0.3, 0.4) is 0 Å². The maximum Gasteiger partial charge on any atom is 0.427 e. The summed E-state index contributed by atoms with van der Waals surface area (Å²) >= 11 is 0.566. The Labute approximate surface area is 159 Å². The third kappa shape index (κ3) is 4.98. The molecule has 1 aromatic carbocycles. The number of morpholine rings is 1. The zero-order valence-electron chi connectivity index (χ0n) is 14.9. The van der Waals surface area contributed by atoms with Crippen LogP contribution in [0.25, 0.3) is 0 Å². The van der Waals surface area contributed by atoms with Gasteiger partial charge >= 0.3 is 6.18 Å². The number of amides is 1. The van der Waals surface area contributed by atoms with Gasteiger partial charge in [0, 0.05) is 25.2 Å². The van der Waals surface area contributed by atoms with E-state index in [2.05, 4.69) is 10.3 Å². The quantitative estimate of drug-likeness (QED) is 0.844. The third-order valence-corrected chi connectivity index (χ3v) is 5.14. The van der Waals surface area contributed by atoms with Crippen molar-refractivity contribution in [3.63, 3.8) is 0 Å². The van der Waals surface area contributed by atoms with Gasteiger partial charge in [-0.1, -0.05) is 23.5 Å². The van der Waals surface area contributed by atoms with E-state index in [9.17, 15) is 18.0 Å². The third-order valence-electron chi connectivity index (χ3n) is 4.14. The summed E-state index contributed by atoms with van der Waals surface area (Å²) in [7, 11) is 0. The first-order chi connectivity index (χ1) is 12.7. The van der Waals surface area contributed by atoms with E-state index >= 15 is 0 Å². The molecule has 3 rings (SSSR count). The smallest absolute Gasteiger partial charge is 0.372 e. The second-order valence-electron chi connectivity index (χ2n) is 6.55. The first-order valence-corrected chi connectivity index (χ1v) is 9.34. The van der Waals surface area contributed by atoms with Crippen LogP contribution in [-0.2, 0) is 17.5 Å². The van der Waals surface area contributed by atoms with Crippen molar-refractivity contribution in [2.75, 3.05) is 18.4 Å². The minimum Gasteiger partial charge on any atom is -0.372 e. The highest BCUT2D eigenvalue weighted by Crippen LogP contribution is 2.35. The maximum absolute atomic E-state index is 12.6. The lowest BCUT2D eigenvalue weighted by molar-refractivity contribution is -0.134. The number of carbonyl (C=O) groups excluding carboxylic acids is 1. The fraction of sp³-hybridized carbons (Fsp3) is 0.444. The molecule has 2 aromatic rings. The lowest BCUT2D eigenvalue weighted by Gasteiger charge is -2.35. The lowest BCUT2D eigenvalue weighted by Crippen LogP contribution is -2.48. The Morgan fingerprint density at radius 3 is 2.44 bits per heavy atom. The summed E-state index contributed by atoms with van der Waals surface area (Å²) in [6.45, 7) is 5.31. The molecular formula is C18H20F3N3O2S. The van der Waals surface area contributed by atoms with Crippen LogP contribution in [0.5, 0.6) is 0 Å². The standard InChI is InChI=1S/C18H20F3N3O2S/c1-11-9-24(10-12(2)26-11)16(25)14-5-3-13(4-6-14)7-22-17-23-8-15(27-17)18(19,20)21/h3-6,8,11-12H,7,9-10H2,1-2H3,(H,22,23). The number of carbonyl (C=O) groups is 1. The van der Waals surface area contributed by atoms with Crippen LogP contribution in [0.4, 0.5) is 18.3 Å². The predicted molar refractivity (Wildman–Crippen MR) is 96.8 cm³/mol. The van der Waals surface area contributed by atoms with E-state index in [0.29, 0.717) is 36.5 Å². The van der Waals surface area contributed by atoms with Crippen LogP contribution >= 0.6 is 11.3 Å². The number of anilines is 1. The number of rotatable bonds is 4. The van der Waals surface area contributed by atoms with Crippen molar-refractivity contribution in [2.45, 2.75) is 38.8 Å². The molecule has 1 amide bonds. The van der Waals surface area contributed by atoms with E-state index in [0.717, 1.165) is 11.8 Å². The number of nitrogens with zero attached hydrogens (tertiary/aromatic N) is 2. The minimum atomic E-state index is -4.38. The monoisotopic (exact) mass is 399 g/mol. The number of benzene rings is 1. The van der Waals surface area contributed by atoms with E-state index in [4.69, 9.17) is 4.74 Å². The van der Waals surface area contributed by atoms with E-state index in [-0.39, 0.29) is 23.2 Å².